The Morgan fingerprint density at radius 3 is 3.05 bits per heavy atom. The van der Waals surface area contributed by atoms with Crippen molar-refractivity contribution in [2.24, 2.45) is 5.92 Å². The monoisotopic (exact) mass is 258 g/mol. The van der Waals surface area contributed by atoms with Gasteiger partial charge in [-0.05, 0) is 37.9 Å². The number of hydrogen-bond acceptors (Lipinski definition) is 5. The molecular weight excluding hydrogens is 240 g/mol. The smallest absolute Gasteiger partial charge is 0.244 e. The van der Waals surface area contributed by atoms with E-state index < -0.39 is 0 Å². The van der Waals surface area contributed by atoms with Crippen molar-refractivity contribution >= 4 is 0 Å². The zero-order valence-corrected chi connectivity index (χ0v) is 11.3. The Labute approximate surface area is 112 Å². The first-order valence-electron chi connectivity index (χ1n) is 6.72. The average Bonchev–Trinajstić information content (AvgIpc) is 3.08. The van der Waals surface area contributed by atoms with Gasteiger partial charge >= 0.3 is 0 Å². The maximum absolute atomic E-state index is 5.40. The minimum Gasteiger partial charge on any atom is -0.337 e. The van der Waals surface area contributed by atoms with Gasteiger partial charge in [-0.15, -0.1) is 0 Å². The van der Waals surface area contributed by atoms with Gasteiger partial charge in [-0.1, -0.05) is 12.1 Å². The number of pyridine rings is 1. The van der Waals surface area contributed by atoms with Gasteiger partial charge in [0.15, 0.2) is 0 Å². The normalized spacial score (nSPS) is 21.7. The molecule has 0 aromatic carbocycles. The number of likely N-dealkylation sites (tertiary alicyclic amines) is 1. The second-order valence-corrected chi connectivity index (χ2v) is 5.26. The molecule has 3 rings (SSSR count). The highest BCUT2D eigenvalue weighted by Gasteiger charge is 2.27. The van der Waals surface area contributed by atoms with E-state index in [-0.39, 0.29) is 6.04 Å². The fraction of sp³-hybridized carbons (Fsp3) is 0.500. The highest BCUT2D eigenvalue weighted by Crippen LogP contribution is 2.27. The van der Waals surface area contributed by atoms with Gasteiger partial charge in [0.2, 0.25) is 11.7 Å². The molecule has 1 aliphatic rings. The highest BCUT2D eigenvalue weighted by atomic mass is 16.5. The number of nitrogens with zero attached hydrogens (tertiary/aromatic N) is 4. The molecule has 0 amide bonds. The number of rotatable bonds is 3. The molecule has 0 N–H and O–H groups in total. The van der Waals surface area contributed by atoms with E-state index in [9.17, 15) is 0 Å². The summed E-state index contributed by atoms with van der Waals surface area (Å²) >= 11 is 0. The van der Waals surface area contributed by atoms with Crippen LogP contribution in [0.1, 0.15) is 32.2 Å². The third-order valence-electron chi connectivity index (χ3n) is 3.72. The first-order chi connectivity index (χ1) is 9.24. The molecule has 1 saturated heterocycles. The molecule has 5 heteroatoms. The first-order valence-corrected chi connectivity index (χ1v) is 6.72. The van der Waals surface area contributed by atoms with E-state index in [0.29, 0.717) is 11.7 Å². The van der Waals surface area contributed by atoms with E-state index in [1.54, 1.807) is 12.4 Å². The minimum atomic E-state index is 0.183. The molecule has 5 nitrogen and oxygen atoms in total. The quantitative estimate of drug-likeness (QED) is 0.846. The molecule has 19 heavy (non-hydrogen) atoms. The third kappa shape index (κ3) is 2.51. The molecule has 0 spiro atoms. The van der Waals surface area contributed by atoms with Crippen LogP contribution in [-0.2, 0) is 0 Å². The Morgan fingerprint density at radius 1 is 1.47 bits per heavy atom. The van der Waals surface area contributed by atoms with Crippen LogP contribution in [-0.4, -0.2) is 33.1 Å². The van der Waals surface area contributed by atoms with Gasteiger partial charge in [-0.2, -0.15) is 4.98 Å². The van der Waals surface area contributed by atoms with Gasteiger partial charge in [0, 0.05) is 24.5 Å². The van der Waals surface area contributed by atoms with Crippen molar-refractivity contribution in [3.63, 3.8) is 0 Å². The van der Waals surface area contributed by atoms with Crippen molar-refractivity contribution in [3.05, 3.63) is 30.4 Å². The van der Waals surface area contributed by atoms with E-state index in [2.05, 4.69) is 33.9 Å². The Balaban J connectivity index is 1.78. The molecule has 2 atom stereocenters. The summed E-state index contributed by atoms with van der Waals surface area (Å²) in [5, 5.41) is 4.05. The molecule has 0 saturated carbocycles. The van der Waals surface area contributed by atoms with E-state index in [0.717, 1.165) is 24.6 Å². The van der Waals surface area contributed by atoms with Crippen molar-refractivity contribution in [1.82, 2.24) is 20.0 Å². The third-order valence-corrected chi connectivity index (χ3v) is 3.72. The summed E-state index contributed by atoms with van der Waals surface area (Å²) in [6.07, 6.45) is 4.73. The number of hydrogen-bond donors (Lipinski definition) is 0. The summed E-state index contributed by atoms with van der Waals surface area (Å²) in [4.78, 5) is 11.0. The molecule has 0 bridgehead atoms. The summed E-state index contributed by atoms with van der Waals surface area (Å²) < 4.78 is 5.40. The van der Waals surface area contributed by atoms with E-state index >= 15 is 0 Å². The molecule has 1 unspecified atom stereocenters. The molecule has 1 fully saturated rings. The Morgan fingerprint density at radius 2 is 2.37 bits per heavy atom. The highest BCUT2D eigenvalue weighted by molar-refractivity contribution is 5.51. The lowest BCUT2D eigenvalue weighted by Crippen LogP contribution is -2.24. The van der Waals surface area contributed by atoms with Gasteiger partial charge < -0.3 is 4.52 Å². The zero-order chi connectivity index (χ0) is 13.2. The molecule has 0 aliphatic carbocycles. The van der Waals surface area contributed by atoms with E-state index in [1.165, 1.54) is 6.42 Å². The fourth-order valence-corrected chi connectivity index (χ4v) is 2.49. The molecule has 0 radical (unpaired) electrons. The van der Waals surface area contributed by atoms with Crippen LogP contribution in [0, 0.1) is 5.92 Å². The summed E-state index contributed by atoms with van der Waals surface area (Å²) in [6.45, 7) is 6.61. The van der Waals surface area contributed by atoms with Gasteiger partial charge in [0.25, 0.3) is 0 Å². The van der Waals surface area contributed by atoms with E-state index in [4.69, 9.17) is 4.52 Å². The lowest BCUT2D eigenvalue weighted by molar-refractivity contribution is 0.204. The molecule has 3 heterocycles. The predicted octanol–water partition coefficient (Wildman–Crippen LogP) is 2.53. The van der Waals surface area contributed by atoms with Crippen LogP contribution >= 0.6 is 0 Å². The maximum atomic E-state index is 5.40. The Kier molecular flexibility index (Phi) is 3.29. The SMILES string of the molecule is CC(c1nc(-c2cccnc2)no1)N1CC[C@@H](C)C1. The Hall–Kier alpha value is -1.75. The zero-order valence-electron chi connectivity index (χ0n) is 11.3. The van der Waals surface area contributed by atoms with Gasteiger partial charge in [0.05, 0.1) is 6.04 Å². The lowest BCUT2D eigenvalue weighted by atomic mass is 10.2. The summed E-state index contributed by atoms with van der Waals surface area (Å²) in [7, 11) is 0. The molecular formula is C14H18N4O. The largest absolute Gasteiger partial charge is 0.337 e. The van der Waals surface area contributed by atoms with Crippen LogP contribution in [0.4, 0.5) is 0 Å². The Bertz CT molecular complexity index is 539. The standard InChI is InChI=1S/C14H18N4O/c1-10-5-7-18(9-10)11(2)14-16-13(17-19-14)12-4-3-6-15-8-12/h3-4,6,8,10-11H,5,7,9H2,1-2H3/t10-,11?/m1/s1. The lowest BCUT2D eigenvalue weighted by Gasteiger charge is -2.20. The second kappa shape index (κ2) is 5.09. The van der Waals surface area contributed by atoms with Crippen molar-refractivity contribution in [1.29, 1.82) is 0 Å². The molecule has 2 aromatic heterocycles. The summed E-state index contributed by atoms with van der Waals surface area (Å²) in [5.41, 5.74) is 0.888. The number of aromatic nitrogens is 3. The van der Waals surface area contributed by atoms with Crippen molar-refractivity contribution in [2.45, 2.75) is 26.3 Å². The van der Waals surface area contributed by atoms with E-state index in [1.807, 2.05) is 12.1 Å². The van der Waals surface area contributed by atoms with Crippen molar-refractivity contribution < 1.29 is 4.52 Å². The van der Waals surface area contributed by atoms with Gasteiger partial charge in [0.1, 0.15) is 0 Å². The first kappa shape index (κ1) is 12.3. The van der Waals surface area contributed by atoms with Crippen LogP contribution in [0.15, 0.2) is 29.0 Å². The molecule has 1 aliphatic heterocycles. The van der Waals surface area contributed by atoms with Crippen LogP contribution in [0.2, 0.25) is 0 Å². The fourth-order valence-electron chi connectivity index (χ4n) is 2.49. The van der Waals surface area contributed by atoms with Crippen molar-refractivity contribution in [3.8, 4) is 11.4 Å². The van der Waals surface area contributed by atoms with Gasteiger partial charge in [-0.25, -0.2) is 0 Å². The molecule has 2 aromatic rings. The van der Waals surface area contributed by atoms with Crippen molar-refractivity contribution in [2.75, 3.05) is 13.1 Å². The maximum Gasteiger partial charge on any atom is 0.244 e. The van der Waals surface area contributed by atoms with Crippen LogP contribution in [0.3, 0.4) is 0 Å². The molecule has 100 valence electrons. The van der Waals surface area contributed by atoms with Crippen LogP contribution < -0.4 is 0 Å². The van der Waals surface area contributed by atoms with Crippen LogP contribution in [0.5, 0.6) is 0 Å². The summed E-state index contributed by atoms with van der Waals surface area (Å²) in [6, 6.07) is 3.99. The minimum absolute atomic E-state index is 0.183. The van der Waals surface area contributed by atoms with Crippen LogP contribution in [0.25, 0.3) is 11.4 Å². The van der Waals surface area contributed by atoms with Gasteiger partial charge in [-0.3, -0.25) is 9.88 Å². The predicted molar refractivity (Wildman–Crippen MR) is 71.3 cm³/mol. The average molecular weight is 258 g/mol. The summed E-state index contributed by atoms with van der Waals surface area (Å²) in [5.74, 6) is 2.05. The second-order valence-electron chi connectivity index (χ2n) is 5.26. The topological polar surface area (TPSA) is 55.1 Å².